The molecule has 0 amide bonds. The summed E-state index contributed by atoms with van der Waals surface area (Å²) < 4.78 is 2.88. The monoisotopic (exact) mass is 296 g/mol. The number of thiophene rings is 1. The van der Waals surface area contributed by atoms with Crippen molar-refractivity contribution in [1.29, 1.82) is 0 Å². The summed E-state index contributed by atoms with van der Waals surface area (Å²) in [6, 6.07) is 6.41. The maximum absolute atomic E-state index is 5.97. The summed E-state index contributed by atoms with van der Waals surface area (Å²) >= 11 is 7.61. The lowest BCUT2D eigenvalue weighted by atomic mass is 10.1. The fourth-order valence-electron chi connectivity index (χ4n) is 2.33. The summed E-state index contributed by atoms with van der Waals surface area (Å²) in [6.45, 7) is 5.12. The van der Waals surface area contributed by atoms with Crippen LogP contribution in [0.1, 0.15) is 17.8 Å². The Morgan fingerprint density at radius 3 is 3.26 bits per heavy atom. The van der Waals surface area contributed by atoms with Gasteiger partial charge in [0.15, 0.2) is 0 Å². The normalized spacial score (nSPS) is 19.8. The molecule has 0 aliphatic carbocycles. The molecule has 0 unspecified atom stereocenters. The average molecular weight is 297 g/mol. The molecular formula is C13H17ClN4S. The maximum atomic E-state index is 5.97. The first-order chi connectivity index (χ1) is 9.22. The third kappa shape index (κ3) is 2.94. The van der Waals surface area contributed by atoms with E-state index in [-0.39, 0.29) is 0 Å². The van der Waals surface area contributed by atoms with Crippen LogP contribution in [0.2, 0.25) is 4.34 Å². The lowest BCUT2D eigenvalue weighted by Crippen LogP contribution is -2.36. The number of fused-ring (bicyclic) bond motifs is 1. The maximum Gasteiger partial charge on any atom is 0.124 e. The van der Waals surface area contributed by atoms with Crippen molar-refractivity contribution in [2.24, 2.45) is 5.92 Å². The van der Waals surface area contributed by atoms with Crippen molar-refractivity contribution < 1.29 is 0 Å². The van der Waals surface area contributed by atoms with Crippen LogP contribution in [0.5, 0.6) is 0 Å². The first kappa shape index (κ1) is 13.0. The molecule has 3 heterocycles. The molecule has 4 nitrogen and oxygen atoms in total. The predicted molar refractivity (Wildman–Crippen MR) is 80.0 cm³/mol. The van der Waals surface area contributed by atoms with E-state index in [4.69, 9.17) is 11.6 Å². The first-order valence-electron chi connectivity index (χ1n) is 6.46. The number of rotatable bonds is 4. The van der Waals surface area contributed by atoms with Gasteiger partial charge in [0.25, 0.3) is 0 Å². The van der Waals surface area contributed by atoms with Crippen LogP contribution in [0.25, 0.3) is 0 Å². The molecule has 2 aromatic rings. The molecule has 2 aromatic heterocycles. The standard InChI is InChI=1S/C13H17ClN4S/c1-9(11-2-3-12(14)19-11)15-6-10-7-16-13-4-5-17-18(13)8-10/h2-5,9-10,15-16H,6-8H2,1H3/t9-,10-/m0/s1. The van der Waals surface area contributed by atoms with Gasteiger partial charge in [0.1, 0.15) is 5.82 Å². The van der Waals surface area contributed by atoms with Gasteiger partial charge >= 0.3 is 0 Å². The van der Waals surface area contributed by atoms with E-state index in [1.165, 1.54) is 4.88 Å². The van der Waals surface area contributed by atoms with E-state index >= 15 is 0 Å². The van der Waals surface area contributed by atoms with Crippen LogP contribution in [0, 0.1) is 5.92 Å². The first-order valence-corrected chi connectivity index (χ1v) is 7.66. The van der Waals surface area contributed by atoms with Crippen molar-refractivity contribution in [2.75, 3.05) is 18.4 Å². The van der Waals surface area contributed by atoms with Crippen molar-refractivity contribution in [3.63, 3.8) is 0 Å². The average Bonchev–Trinajstić information content (AvgIpc) is 3.03. The van der Waals surface area contributed by atoms with Gasteiger partial charge in [-0.3, -0.25) is 0 Å². The highest BCUT2D eigenvalue weighted by Gasteiger charge is 2.19. The van der Waals surface area contributed by atoms with Crippen LogP contribution in [0.3, 0.4) is 0 Å². The summed E-state index contributed by atoms with van der Waals surface area (Å²) in [5.74, 6) is 1.68. The van der Waals surface area contributed by atoms with Gasteiger partial charge in [-0.05, 0) is 19.1 Å². The van der Waals surface area contributed by atoms with E-state index in [0.29, 0.717) is 12.0 Å². The number of aromatic nitrogens is 2. The SMILES string of the molecule is C[C@H](NC[C@H]1CNc2ccnn2C1)c1ccc(Cl)s1. The number of hydrogen-bond donors (Lipinski definition) is 2. The van der Waals surface area contributed by atoms with Crippen molar-refractivity contribution in [1.82, 2.24) is 15.1 Å². The number of nitrogens with zero attached hydrogens (tertiary/aromatic N) is 2. The smallest absolute Gasteiger partial charge is 0.124 e. The number of anilines is 1. The third-order valence-electron chi connectivity index (χ3n) is 3.45. The molecule has 3 rings (SSSR count). The van der Waals surface area contributed by atoms with Crippen molar-refractivity contribution in [3.8, 4) is 0 Å². The second kappa shape index (κ2) is 5.53. The Kier molecular flexibility index (Phi) is 3.77. The minimum atomic E-state index is 0.344. The van der Waals surface area contributed by atoms with Crippen molar-refractivity contribution in [3.05, 3.63) is 33.6 Å². The summed E-state index contributed by atoms with van der Waals surface area (Å²) in [4.78, 5) is 1.29. The van der Waals surface area contributed by atoms with Gasteiger partial charge in [-0.1, -0.05) is 11.6 Å². The lowest BCUT2D eigenvalue weighted by molar-refractivity contribution is 0.377. The van der Waals surface area contributed by atoms with Gasteiger partial charge in [0, 0.05) is 42.5 Å². The second-order valence-electron chi connectivity index (χ2n) is 4.92. The highest BCUT2D eigenvalue weighted by Crippen LogP contribution is 2.26. The van der Waals surface area contributed by atoms with Gasteiger partial charge < -0.3 is 10.6 Å². The van der Waals surface area contributed by atoms with Gasteiger partial charge in [0.2, 0.25) is 0 Å². The molecule has 102 valence electrons. The Hall–Kier alpha value is -1.04. The Labute approximate surface area is 121 Å². The van der Waals surface area contributed by atoms with Gasteiger partial charge in [-0.15, -0.1) is 11.3 Å². The van der Waals surface area contributed by atoms with Crippen molar-refractivity contribution >= 4 is 28.8 Å². The second-order valence-corrected chi connectivity index (χ2v) is 6.66. The van der Waals surface area contributed by atoms with Crippen LogP contribution >= 0.6 is 22.9 Å². The zero-order valence-electron chi connectivity index (χ0n) is 10.8. The summed E-state index contributed by atoms with van der Waals surface area (Å²) in [6.07, 6.45) is 1.84. The van der Waals surface area contributed by atoms with Crippen molar-refractivity contribution in [2.45, 2.75) is 19.5 Å². The molecule has 0 saturated heterocycles. The van der Waals surface area contributed by atoms with E-state index in [0.717, 1.165) is 29.8 Å². The van der Waals surface area contributed by atoms with Crippen LogP contribution in [-0.2, 0) is 6.54 Å². The Morgan fingerprint density at radius 2 is 2.47 bits per heavy atom. The summed E-state index contributed by atoms with van der Waals surface area (Å²) in [5.41, 5.74) is 0. The molecule has 6 heteroatoms. The number of halogens is 1. The number of nitrogens with one attached hydrogen (secondary N) is 2. The molecule has 0 saturated carbocycles. The summed E-state index contributed by atoms with van der Waals surface area (Å²) in [5, 5.41) is 11.3. The van der Waals surface area contributed by atoms with Gasteiger partial charge in [-0.25, -0.2) is 4.68 Å². The van der Waals surface area contributed by atoms with Crippen LogP contribution in [0.15, 0.2) is 24.4 Å². The lowest BCUT2D eigenvalue weighted by Gasteiger charge is -2.26. The molecule has 0 aromatic carbocycles. The molecule has 2 N–H and O–H groups in total. The minimum Gasteiger partial charge on any atom is -0.370 e. The quantitative estimate of drug-likeness (QED) is 0.911. The predicted octanol–water partition coefficient (Wildman–Crippen LogP) is 2.99. The van der Waals surface area contributed by atoms with E-state index in [1.54, 1.807) is 11.3 Å². The molecule has 2 atom stereocenters. The Bertz CT molecular complexity index is 550. The molecule has 0 radical (unpaired) electrons. The van der Waals surface area contributed by atoms with E-state index in [9.17, 15) is 0 Å². The molecule has 1 aliphatic rings. The largest absolute Gasteiger partial charge is 0.370 e. The van der Waals surface area contributed by atoms with E-state index < -0.39 is 0 Å². The highest BCUT2D eigenvalue weighted by atomic mass is 35.5. The summed E-state index contributed by atoms with van der Waals surface area (Å²) in [7, 11) is 0. The van der Waals surface area contributed by atoms with Crippen LogP contribution in [-0.4, -0.2) is 22.9 Å². The fraction of sp³-hybridized carbons (Fsp3) is 0.462. The zero-order valence-corrected chi connectivity index (χ0v) is 12.3. The van der Waals surface area contributed by atoms with E-state index in [2.05, 4.69) is 28.7 Å². The Balaban J connectivity index is 1.53. The molecule has 0 fully saturated rings. The minimum absolute atomic E-state index is 0.344. The molecule has 0 spiro atoms. The van der Waals surface area contributed by atoms with E-state index in [1.807, 2.05) is 23.0 Å². The fourth-order valence-corrected chi connectivity index (χ4v) is 3.42. The topological polar surface area (TPSA) is 41.9 Å². The zero-order chi connectivity index (χ0) is 13.2. The molecule has 1 aliphatic heterocycles. The van der Waals surface area contributed by atoms with Gasteiger partial charge in [0.05, 0.1) is 10.5 Å². The molecular weight excluding hydrogens is 280 g/mol. The third-order valence-corrected chi connectivity index (χ3v) is 4.87. The number of hydrogen-bond acceptors (Lipinski definition) is 4. The molecule has 19 heavy (non-hydrogen) atoms. The Morgan fingerprint density at radius 1 is 1.58 bits per heavy atom. The van der Waals surface area contributed by atoms with Crippen LogP contribution < -0.4 is 10.6 Å². The molecule has 0 bridgehead atoms. The highest BCUT2D eigenvalue weighted by molar-refractivity contribution is 7.16. The van der Waals surface area contributed by atoms with Crippen LogP contribution in [0.4, 0.5) is 5.82 Å². The van der Waals surface area contributed by atoms with Gasteiger partial charge in [-0.2, -0.15) is 5.10 Å².